The summed E-state index contributed by atoms with van der Waals surface area (Å²) in [4.78, 5) is 23.1. The number of carbonyl (C=O) groups is 2. The van der Waals surface area contributed by atoms with Crippen LogP contribution in [0.3, 0.4) is 0 Å². The van der Waals surface area contributed by atoms with Gasteiger partial charge in [-0.2, -0.15) is 0 Å². The highest BCUT2D eigenvalue weighted by Crippen LogP contribution is 2.11. The number of rotatable bonds is 4. The van der Waals surface area contributed by atoms with Crippen LogP contribution in [0, 0.1) is 5.82 Å². The zero-order valence-corrected chi connectivity index (χ0v) is 10.5. The Kier molecular flexibility index (Phi) is 4.44. The van der Waals surface area contributed by atoms with Gasteiger partial charge in [0, 0.05) is 5.69 Å². The zero-order valence-electron chi connectivity index (χ0n) is 10.5. The van der Waals surface area contributed by atoms with Crippen LogP contribution >= 0.6 is 0 Å². The third kappa shape index (κ3) is 4.20. The Bertz CT molecular complexity index is 596. The zero-order chi connectivity index (χ0) is 14.4. The van der Waals surface area contributed by atoms with E-state index in [-0.39, 0.29) is 0 Å². The maximum Gasteiger partial charge on any atom is 0.320 e. The highest BCUT2D eigenvalue weighted by molar-refractivity contribution is 6.02. The molecular weight excluding hydrogens is 261 g/mol. The van der Waals surface area contributed by atoms with Crippen molar-refractivity contribution >= 4 is 17.6 Å². The van der Waals surface area contributed by atoms with Gasteiger partial charge in [-0.1, -0.05) is 18.2 Å². The van der Waals surface area contributed by atoms with Gasteiger partial charge in [-0.25, -0.2) is 4.39 Å². The average molecular weight is 273 g/mol. The first-order valence-corrected chi connectivity index (χ1v) is 5.94. The predicted molar refractivity (Wildman–Crippen MR) is 71.7 cm³/mol. The molecule has 1 amide bonds. The number of carbonyl (C=O) groups excluding carboxylic acids is 2. The molecule has 4 nitrogen and oxygen atoms in total. The predicted octanol–water partition coefficient (Wildman–Crippen LogP) is 2.76. The van der Waals surface area contributed by atoms with E-state index in [1.54, 1.807) is 30.3 Å². The molecule has 20 heavy (non-hydrogen) atoms. The molecule has 0 aliphatic carbocycles. The molecule has 0 heterocycles. The van der Waals surface area contributed by atoms with E-state index in [1.165, 1.54) is 24.3 Å². The Morgan fingerprint density at radius 1 is 1.00 bits per heavy atom. The largest absolute Gasteiger partial charge is 0.426 e. The number of esters is 1. The van der Waals surface area contributed by atoms with Gasteiger partial charge >= 0.3 is 5.97 Å². The minimum Gasteiger partial charge on any atom is -0.426 e. The molecule has 0 spiro atoms. The summed E-state index contributed by atoms with van der Waals surface area (Å²) in [6.07, 6.45) is -0.410. The summed E-state index contributed by atoms with van der Waals surface area (Å²) in [6.45, 7) is 0. The van der Waals surface area contributed by atoms with Crippen LogP contribution in [0.4, 0.5) is 10.1 Å². The number of hydrogen-bond donors (Lipinski definition) is 1. The van der Waals surface area contributed by atoms with E-state index in [0.717, 1.165) is 0 Å². The summed E-state index contributed by atoms with van der Waals surface area (Å²) >= 11 is 0. The Labute approximate surface area is 115 Å². The minimum absolute atomic E-state index is 0.382. The lowest BCUT2D eigenvalue weighted by Gasteiger charge is -2.05. The number of amides is 1. The number of para-hydroxylation sites is 1. The molecule has 0 radical (unpaired) electrons. The standard InChI is InChI=1S/C15H12FNO3/c16-11-6-8-12(9-7-11)17-14(18)10-15(19)20-13-4-2-1-3-5-13/h1-9H,10H2,(H,17,18). The average Bonchev–Trinajstić information content (AvgIpc) is 2.42. The van der Waals surface area contributed by atoms with E-state index < -0.39 is 24.1 Å². The van der Waals surface area contributed by atoms with Gasteiger partial charge in [-0.05, 0) is 36.4 Å². The molecule has 2 rings (SSSR count). The van der Waals surface area contributed by atoms with Crippen LogP contribution in [0.5, 0.6) is 5.75 Å². The topological polar surface area (TPSA) is 55.4 Å². The number of benzene rings is 2. The molecule has 0 saturated heterocycles. The molecule has 0 saturated carbocycles. The fraction of sp³-hybridized carbons (Fsp3) is 0.0667. The van der Waals surface area contributed by atoms with Crippen LogP contribution < -0.4 is 10.1 Å². The lowest BCUT2D eigenvalue weighted by atomic mass is 10.3. The molecule has 0 aliphatic rings. The number of halogens is 1. The third-order valence-corrected chi connectivity index (χ3v) is 2.41. The molecule has 2 aromatic rings. The van der Waals surface area contributed by atoms with E-state index >= 15 is 0 Å². The SMILES string of the molecule is O=C(CC(=O)Oc1ccccc1)Nc1ccc(F)cc1. The Hall–Kier alpha value is -2.69. The molecule has 0 bridgehead atoms. The molecule has 0 unspecified atom stereocenters. The van der Waals surface area contributed by atoms with Crippen LogP contribution in [0.25, 0.3) is 0 Å². The van der Waals surface area contributed by atoms with Crippen molar-refractivity contribution in [2.45, 2.75) is 6.42 Å². The third-order valence-electron chi connectivity index (χ3n) is 2.41. The highest BCUT2D eigenvalue weighted by atomic mass is 19.1. The van der Waals surface area contributed by atoms with E-state index in [4.69, 9.17) is 4.74 Å². The first-order valence-electron chi connectivity index (χ1n) is 5.94. The van der Waals surface area contributed by atoms with Crippen molar-refractivity contribution in [1.82, 2.24) is 0 Å². The van der Waals surface area contributed by atoms with E-state index in [0.29, 0.717) is 11.4 Å². The number of nitrogens with one attached hydrogen (secondary N) is 1. The smallest absolute Gasteiger partial charge is 0.320 e. The molecule has 5 heteroatoms. The maximum absolute atomic E-state index is 12.7. The maximum atomic E-state index is 12.7. The minimum atomic E-state index is -0.657. The Balaban J connectivity index is 1.85. The van der Waals surface area contributed by atoms with Gasteiger partial charge in [-0.3, -0.25) is 9.59 Å². The summed E-state index contributed by atoms with van der Waals surface area (Å²) in [5, 5.41) is 2.48. The quantitative estimate of drug-likeness (QED) is 0.529. The second-order valence-corrected chi connectivity index (χ2v) is 4.02. The van der Waals surface area contributed by atoms with Crippen LogP contribution in [0.15, 0.2) is 54.6 Å². The highest BCUT2D eigenvalue weighted by Gasteiger charge is 2.11. The summed E-state index contributed by atoms with van der Waals surface area (Å²) in [5.41, 5.74) is 0.420. The number of hydrogen-bond acceptors (Lipinski definition) is 3. The van der Waals surface area contributed by atoms with Crippen molar-refractivity contribution in [3.63, 3.8) is 0 Å². The summed E-state index contributed by atoms with van der Waals surface area (Å²) in [7, 11) is 0. The van der Waals surface area contributed by atoms with Gasteiger partial charge < -0.3 is 10.1 Å². The van der Waals surface area contributed by atoms with Crippen molar-refractivity contribution in [3.05, 3.63) is 60.4 Å². The van der Waals surface area contributed by atoms with Crippen LogP contribution in [-0.4, -0.2) is 11.9 Å². The van der Waals surface area contributed by atoms with Crippen molar-refractivity contribution in [2.75, 3.05) is 5.32 Å². The molecule has 0 fully saturated rings. The van der Waals surface area contributed by atoms with Gasteiger partial charge in [0.25, 0.3) is 0 Å². The molecular formula is C15H12FNO3. The van der Waals surface area contributed by atoms with Gasteiger partial charge in [0.1, 0.15) is 18.0 Å². The van der Waals surface area contributed by atoms with Crippen LogP contribution in [0.2, 0.25) is 0 Å². The van der Waals surface area contributed by atoms with E-state index in [2.05, 4.69) is 5.32 Å². The fourth-order valence-corrected chi connectivity index (χ4v) is 1.53. The molecule has 0 atom stereocenters. The summed E-state index contributed by atoms with van der Waals surface area (Å²) < 4.78 is 17.7. The van der Waals surface area contributed by atoms with Gasteiger partial charge in [0.2, 0.25) is 5.91 Å². The Morgan fingerprint density at radius 2 is 1.65 bits per heavy atom. The molecule has 2 aromatic carbocycles. The normalized spacial score (nSPS) is 9.85. The molecule has 0 aromatic heterocycles. The van der Waals surface area contributed by atoms with Gasteiger partial charge in [0.05, 0.1) is 0 Å². The summed E-state index contributed by atoms with van der Waals surface area (Å²) in [6, 6.07) is 13.7. The van der Waals surface area contributed by atoms with E-state index in [9.17, 15) is 14.0 Å². The van der Waals surface area contributed by atoms with Crippen molar-refractivity contribution < 1.29 is 18.7 Å². The molecule has 0 aliphatic heterocycles. The van der Waals surface area contributed by atoms with Crippen molar-refractivity contribution in [1.29, 1.82) is 0 Å². The van der Waals surface area contributed by atoms with Gasteiger partial charge in [-0.15, -0.1) is 0 Å². The van der Waals surface area contributed by atoms with E-state index in [1.807, 2.05) is 0 Å². The lowest BCUT2D eigenvalue weighted by molar-refractivity contribution is -0.137. The fourth-order valence-electron chi connectivity index (χ4n) is 1.53. The second-order valence-electron chi connectivity index (χ2n) is 4.02. The lowest BCUT2D eigenvalue weighted by Crippen LogP contribution is -2.19. The van der Waals surface area contributed by atoms with Crippen molar-refractivity contribution in [2.24, 2.45) is 0 Å². The molecule has 1 N–H and O–H groups in total. The van der Waals surface area contributed by atoms with Gasteiger partial charge in [0.15, 0.2) is 0 Å². The summed E-state index contributed by atoms with van der Waals surface area (Å²) in [5.74, 6) is -1.19. The first kappa shape index (κ1) is 13.7. The van der Waals surface area contributed by atoms with Crippen molar-refractivity contribution in [3.8, 4) is 5.75 Å². The second kappa shape index (κ2) is 6.47. The van der Waals surface area contributed by atoms with Crippen LogP contribution in [0.1, 0.15) is 6.42 Å². The van der Waals surface area contributed by atoms with Crippen LogP contribution in [-0.2, 0) is 9.59 Å². The Morgan fingerprint density at radius 3 is 2.30 bits per heavy atom. The molecule has 102 valence electrons. The monoisotopic (exact) mass is 273 g/mol. The first-order chi connectivity index (χ1) is 9.63. The number of ether oxygens (including phenoxy) is 1. The number of anilines is 1.